The number of amides is 1. The second-order valence-corrected chi connectivity index (χ2v) is 8.92. The lowest BCUT2D eigenvalue weighted by atomic mass is 9.96. The Morgan fingerprint density at radius 1 is 1.13 bits per heavy atom. The maximum absolute atomic E-state index is 13.7. The smallest absolute Gasteiger partial charge is 0.239 e. The molecule has 0 bridgehead atoms. The van der Waals surface area contributed by atoms with Crippen molar-refractivity contribution < 1.29 is 9.18 Å². The molecule has 3 fully saturated rings. The molecular formula is C23H35FIN5O. The molecule has 6 nitrogen and oxygen atoms in total. The first-order valence-electron chi connectivity index (χ1n) is 11.3. The standard InChI is InChI=1S/C23H34FN5O.HI/c1-18(21(30)28-10-3-4-11-28)27-12-14-29(15-13-27)22(25-2)26-17-23(8-9-23)19-6-5-7-20(24)16-19;/h5-7,16,18H,3-4,8-15,17H2,1-2H3,(H,25,26);1H. The number of carbonyl (C=O) groups is 1. The number of nitrogens with one attached hydrogen (secondary N) is 1. The third-order valence-corrected chi connectivity index (χ3v) is 7.02. The van der Waals surface area contributed by atoms with Crippen molar-refractivity contribution in [1.82, 2.24) is 20.0 Å². The van der Waals surface area contributed by atoms with Crippen molar-refractivity contribution in [2.75, 3.05) is 52.9 Å². The highest BCUT2D eigenvalue weighted by molar-refractivity contribution is 14.0. The van der Waals surface area contributed by atoms with Gasteiger partial charge in [0.05, 0.1) is 6.04 Å². The quantitative estimate of drug-likeness (QED) is 0.353. The van der Waals surface area contributed by atoms with Gasteiger partial charge in [0, 0.05) is 58.3 Å². The van der Waals surface area contributed by atoms with Crippen molar-refractivity contribution in [3.05, 3.63) is 35.6 Å². The van der Waals surface area contributed by atoms with E-state index in [0.29, 0.717) is 0 Å². The molecule has 1 unspecified atom stereocenters. The molecule has 0 aromatic heterocycles. The Bertz CT molecular complexity index is 786. The summed E-state index contributed by atoms with van der Waals surface area (Å²) < 4.78 is 13.7. The highest BCUT2D eigenvalue weighted by Crippen LogP contribution is 2.47. The van der Waals surface area contributed by atoms with Gasteiger partial charge >= 0.3 is 0 Å². The maximum Gasteiger partial charge on any atom is 0.239 e. The molecule has 3 aliphatic rings. The van der Waals surface area contributed by atoms with Gasteiger partial charge in [-0.3, -0.25) is 14.7 Å². The number of benzene rings is 1. The van der Waals surface area contributed by atoms with Gasteiger partial charge in [0.25, 0.3) is 0 Å². The van der Waals surface area contributed by atoms with E-state index in [0.717, 1.165) is 83.0 Å². The third-order valence-electron chi connectivity index (χ3n) is 7.02. The first-order valence-corrected chi connectivity index (χ1v) is 11.3. The van der Waals surface area contributed by atoms with E-state index in [-0.39, 0.29) is 47.2 Å². The molecule has 172 valence electrons. The lowest BCUT2D eigenvalue weighted by Gasteiger charge is -2.39. The second kappa shape index (κ2) is 10.5. The number of nitrogens with zero attached hydrogens (tertiary/aromatic N) is 4. The molecule has 2 heterocycles. The van der Waals surface area contributed by atoms with Gasteiger partial charge in [-0.1, -0.05) is 12.1 Å². The number of halogens is 2. The number of likely N-dealkylation sites (tertiary alicyclic amines) is 1. The minimum Gasteiger partial charge on any atom is -0.355 e. The fraction of sp³-hybridized carbons (Fsp3) is 0.652. The lowest BCUT2D eigenvalue weighted by Crippen LogP contribution is -2.57. The van der Waals surface area contributed by atoms with E-state index in [1.807, 2.05) is 24.9 Å². The third kappa shape index (κ3) is 5.50. The molecule has 1 aromatic rings. The monoisotopic (exact) mass is 543 g/mol. The van der Waals surface area contributed by atoms with Gasteiger partial charge in [-0.2, -0.15) is 0 Å². The zero-order chi connectivity index (χ0) is 21.1. The summed E-state index contributed by atoms with van der Waals surface area (Å²) in [5, 5.41) is 3.53. The van der Waals surface area contributed by atoms with E-state index >= 15 is 0 Å². The lowest BCUT2D eigenvalue weighted by molar-refractivity contribution is -0.135. The van der Waals surface area contributed by atoms with Gasteiger partial charge in [0.2, 0.25) is 5.91 Å². The summed E-state index contributed by atoms with van der Waals surface area (Å²) in [7, 11) is 1.82. The highest BCUT2D eigenvalue weighted by atomic mass is 127. The van der Waals surface area contributed by atoms with E-state index in [9.17, 15) is 9.18 Å². The van der Waals surface area contributed by atoms with E-state index in [1.54, 1.807) is 12.1 Å². The number of guanidine groups is 1. The fourth-order valence-corrected chi connectivity index (χ4v) is 4.80. The topological polar surface area (TPSA) is 51.2 Å². The molecule has 8 heteroatoms. The largest absolute Gasteiger partial charge is 0.355 e. The van der Waals surface area contributed by atoms with Crippen LogP contribution < -0.4 is 5.32 Å². The summed E-state index contributed by atoms with van der Waals surface area (Å²) in [6, 6.07) is 6.93. The van der Waals surface area contributed by atoms with Crippen molar-refractivity contribution >= 4 is 35.8 Å². The molecule has 1 saturated carbocycles. The molecular weight excluding hydrogens is 508 g/mol. The Morgan fingerprint density at radius 2 is 1.81 bits per heavy atom. The molecule has 31 heavy (non-hydrogen) atoms. The predicted octanol–water partition coefficient (Wildman–Crippen LogP) is 2.68. The minimum atomic E-state index is -0.170. The van der Waals surface area contributed by atoms with Crippen LogP contribution in [0.1, 0.15) is 38.2 Å². The van der Waals surface area contributed by atoms with Gasteiger partial charge in [0.15, 0.2) is 5.96 Å². The van der Waals surface area contributed by atoms with Gasteiger partial charge in [-0.05, 0) is 50.3 Å². The second-order valence-electron chi connectivity index (χ2n) is 8.92. The predicted molar refractivity (Wildman–Crippen MR) is 133 cm³/mol. The summed E-state index contributed by atoms with van der Waals surface area (Å²) in [5.41, 5.74) is 1.10. The normalized spacial score (nSPS) is 22.1. The SMILES string of the molecule is CN=C(NCC1(c2cccc(F)c2)CC1)N1CCN(C(C)C(=O)N2CCCC2)CC1.I. The fourth-order valence-electron chi connectivity index (χ4n) is 4.80. The van der Waals surface area contributed by atoms with Crippen molar-refractivity contribution in [2.45, 2.75) is 44.1 Å². The molecule has 4 rings (SSSR count). The van der Waals surface area contributed by atoms with Crippen molar-refractivity contribution in [2.24, 2.45) is 4.99 Å². The molecule has 2 aliphatic heterocycles. The zero-order valence-corrected chi connectivity index (χ0v) is 21.0. The number of carbonyl (C=O) groups excluding carboxylic acids is 1. The summed E-state index contributed by atoms with van der Waals surface area (Å²) in [4.78, 5) is 23.8. The summed E-state index contributed by atoms with van der Waals surface area (Å²) in [6.07, 6.45) is 4.41. The summed E-state index contributed by atoms with van der Waals surface area (Å²) in [5.74, 6) is 1.00. The number of rotatable bonds is 5. The summed E-state index contributed by atoms with van der Waals surface area (Å²) >= 11 is 0. The van der Waals surface area contributed by atoms with Crippen LogP contribution in [0.25, 0.3) is 0 Å². The van der Waals surface area contributed by atoms with E-state index in [4.69, 9.17) is 0 Å². The molecule has 0 spiro atoms. The molecule has 2 saturated heterocycles. The Labute approximate surface area is 202 Å². The van der Waals surface area contributed by atoms with Gasteiger partial charge in [0.1, 0.15) is 5.82 Å². The number of piperazine rings is 1. The Hall–Kier alpha value is -1.42. The highest BCUT2D eigenvalue weighted by Gasteiger charge is 2.44. The Kier molecular flexibility index (Phi) is 8.18. The van der Waals surface area contributed by atoms with Crippen LogP contribution in [0.3, 0.4) is 0 Å². The average molecular weight is 543 g/mol. The first kappa shape index (κ1) is 24.2. The van der Waals surface area contributed by atoms with Crippen LogP contribution in [0.4, 0.5) is 4.39 Å². The number of aliphatic imine (C=N–C) groups is 1. The van der Waals surface area contributed by atoms with Gasteiger partial charge < -0.3 is 15.1 Å². The van der Waals surface area contributed by atoms with E-state index < -0.39 is 0 Å². The van der Waals surface area contributed by atoms with Crippen molar-refractivity contribution in [3.63, 3.8) is 0 Å². The van der Waals surface area contributed by atoms with E-state index in [2.05, 4.69) is 20.1 Å². The average Bonchev–Trinajstić information content (AvgIpc) is 3.36. The summed E-state index contributed by atoms with van der Waals surface area (Å²) in [6.45, 7) is 8.05. The van der Waals surface area contributed by atoms with Gasteiger partial charge in [-0.25, -0.2) is 4.39 Å². The number of hydrogen-bond acceptors (Lipinski definition) is 3. The Balaban J connectivity index is 0.00000272. The molecule has 1 aromatic carbocycles. The first-order chi connectivity index (χ1) is 14.5. The molecule has 1 aliphatic carbocycles. The van der Waals surface area contributed by atoms with Crippen molar-refractivity contribution in [3.8, 4) is 0 Å². The van der Waals surface area contributed by atoms with E-state index in [1.165, 1.54) is 6.07 Å². The van der Waals surface area contributed by atoms with Crippen LogP contribution in [0.5, 0.6) is 0 Å². The molecule has 1 N–H and O–H groups in total. The van der Waals surface area contributed by atoms with Gasteiger partial charge in [-0.15, -0.1) is 24.0 Å². The number of hydrogen-bond donors (Lipinski definition) is 1. The van der Waals surface area contributed by atoms with Crippen LogP contribution >= 0.6 is 24.0 Å². The minimum absolute atomic E-state index is 0. The Morgan fingerprint density at radius 3 is 2.39 bits per heavy atom. The van der Waals surface area contributed by atoms with Crippen LogP contribution in [0.2, 0.25) is 0 Å². The van der Waals surface area contributed by atoms with Crippen LogP contribution in [0, 0.1) is 5.82 Å². The zero-order valence-electron chi connectivity index (χ0n) is 18.6. The molecule has 1 atom stereocenters. The van der Waals surface area contributed by atoms with Crippen LogP contribution in [0.15, 0.2) is 29.3 Å². The van der Waals surface area contributed by atoms with Crippen LogP contribution in [-0.4, -0.2) is 85.5 Å². The molecule has 0 radical (unpaired) electrons. The van der Waals surface area contributed by atoms with Crippen molar-refractivity contribution in [1.29, 1.82) is 0 Å². The molecule has 1 amide bonds. The van der Waals surface area contributed by atoms with Crippen LogP contribution in [-0.2, 0) is 10.2 Å². The maximum atomic E-state index is 13.7.